The molecule has 0 atom stereocenters. The van der Waals surface area contributed by atoms with Crippen LogP contribution in [-0.4, -0.2) is 31.2 Å². The summed E-state index contributed by atoms with van der Waals surface area (Å²) in [6.07, 6.45) is 1.52. The van der Waals surface area contributed by atoms with Gasteiger partial charge in [0.2, 0.25) is 0 Å². The Balaban J connectivity index is 1.78. The highest BCUT2D eigenvalue weighted by Gasteiger charge is 2.09. The Morgan fingerprint density at radius 3 is 2.52 bits per heavy atom. The second-order valence-electron chi connectivity index (χ2n) is 5.29. The number of ether oxygens (including phenoxy) is 1. The van der Waals surface area contributed by atoms with Crippen LogP contribution in [0, 0.1) is 6.92 Å². The van der Waals surface area contributed by atoms with Crippen LogP contribution < -0.4 is 15.5 Å². The average molecular weight is 339 g/mol. The zero-order valence-corrected chi connectivity index (χ0v) is 14.3. The predicted molar refractivity (Wildman–Crippen MR) is 96.9 cm³/mol. The van der Waals surface area contributed by atoms with Crippen molar-refractivity contribution < 1.29 is 14.3 Å². The van der Waals surface area contributed by atoms with Crippen LogP contribution in [0.25, 0.3) is 0 Å². The van der Waals surface area contributed by atoms with Gasteiger partial charge in [-0.05, 0) is 55.3 Å². The van der Waals surface area contributed by atoms with Crippen LogP contribution in [-0.2, 0) is 4.79 Å². The van der Waals surface area contributed by atoms with E-state index in [-0.39, 0.29) is 12.5 Å². The van der Waals surface area contributed by atoms with Crippen LogP contribution in [0.15, 0.2) is 53.6 Å². The molecule has 0 aromatic heterocycles. The lowest BCUT2D eigenvalue weighted by Crippen LogP contribution is -2.35. The van der Waals surface area contributed by atoms with E-state index in [1.807, 2.05) is 50.2 Å². The molecule has 0 aliphatic carbocycles. The highest BCUT2D eigenvalue weighted by Crippen LogP contribution is 2.10. The standard InChI is InChI=1S/C19H21N3O3/c1-3-25-16-10-8-15(9-11-16)12-21-22-18(23)13-20-19(24)17-7-5-4-6-14(17)2/h4-12H,3,13H2,1-2H3,(H,20,24)(H,22,23)/b21-12-. The summed E-state index contributed by atoms with van der Waals surface area (Å²) >= 11 is 0. The lowest BCUT2D eigenvalue weighted by atomic mass is 10.1. The Bertz CT molecular complexity index is 755. The molecule has 0 saturated heterocycles. The van der Waals surface area contributed by atoms with Crippen molar-refractivity contribution in [2.24, 2.45) is 5.10 Å². The minimum Gasteiger partial charge on any atom is -0.494 e. The number of benzene rings is 2. The number of carbonyl (C=O) groups is 2. The van der Waals surface area contributed by atoms with Crippen LogP contribution in [0.4, 0.5) is 0 Å². The van der Waals surface area contributed by atoms with Crippen LogP contribution >= 0.6 is 0 Å². The second kappa shape index (κ2) is 9.22. The first-order valence-corrected chi connectivity index (χ1v) is 7.98. The van der Waals surface area contributed by atoms with Gasteiger partial charge in [-0.2, -0.15) is 5.10 Å². The van der Waals surface area contributed by atoms with Crippen LogP contribution in [0.2, 0.25) is 0 Å². The van der Waals surface area contributed by atoms with E-state index >= 15 is 0 Å². The highest BCUT2D eigenvalue weighted by molar-refractivity contribution is 5.97. The van der Waals surface area contributed by atoms with E-state index in [9.17, 15) is 9.59 Å². The third kappa shape index (κ3) is 5.76. The number of rotatable bonds is 7. The third-order valence-corrected chi connectivity index (χ3v) is 3.39. The number of carbonyl (C=O) groups excluding carboxylic acids is 2. The number of hydrogen-bond acceptors (Lipinski definition) is 4. The molecule has 6 heteroatoms. The van der Waals surface area contributed by atoms with Crippen molar-refractivity contribution in [2.75, 3.05) is 13.2 Å². The van der Waals surface area contributed by atoms with Crippen molar-refractivity contribution in [3.8, 4) is 5.75 Å². The Labute approximate surface area is 146 Å². The summed E-state index contributed by atoms with van der Waals surface area (Å²) < 4.78 is 5.35. The summed E-state index contributed by atoms with van der Waals surface area (Å²) in [5.41, 5.74) is 4.61. The first kappa shape index (κ1) is 18.2. The monoisotopic (exact) mass is 339 g/mol. The van der Waals surface area contributed by atoms with Crippen molar-refractivity contribution in [1.82, 2.24) is 10.7 Å². The van der Waals surface area contributed by atoms with Crippen molar-refractivity contribution in [2.45, 2.75) is 13.8 Å². The van der Waals surface area contributed by atoms with Crippen LogP contribution in [0.5, 0.6) is 5.75 Å². The van der Waals surface area contributed by atoms with E-state index in [1.54, 1.807) is 12.1 Å². The van der Waals surface area contributed by atoms with E-state index in [4.69, 9.17) is 4.74 Å². The van der Waals surface area contributed by atoms with Crippen molar-refractivity contribution in [3.05, 3.63) is 65.2 Å². The summed E-state index contributed by atoms with van der Waals surface area (Å²) in [7, 11) is 0. The minimum absolute atomic E-state index is 0.145. The first-order chi connectivity index (χ1) is 12.1. The van der Waals surface area contributed by atoms with E-state index < -0.39 is 5.91 Å². The molecule has 130 valence electrons. The molecule has 2 rings (SSSR count). The Morgan fingerprint density at radius 2 is 1.84 bits per heavy atom. The van der Waals surface area contributed by atoms with Gasteiger partial charge in [0, 0.05) is 5.56 Å². The summed E-state index contributed by atoms with van der Waals surface area (Å²) in [5, 5.41) is 6.44. The van der Waals surface area contributed by atoms with Crippen LogP contribution in [0.3, 0.4) is 0 Å². The maximum atomic E-state index is 12.0. The topological polar surface area (TPSA) is 79.8 Å². The van der Waals surface area contributed by atoms with E-state index in [0.717, 1.165) is 16.9 Å². The molecule has 2 amide bonds. The number of hydrogen-bond donors (Lipinski definition) is 2. The smallest absolute Gasteiger partial charge is 0.259 e. The Hall–Kier alpha value is -3.15. The van der Waals surface area contributed by atoms with Gasteiger partial charge in [0.05, 0.1) is 19.4 Å². The number of aryl methyl sites for hydroxylation is 1. The maximum absolute atomic E-state index is 12.0. The predicted octanol–water partition coefficient (Wildman–Crippen LogP) is 2.27. The molecular weight excluding hydrogens is 318 g/mol. The van der Waals surface area contributed by atoms with Gasteiger partial charge in [0.25, 0.3) is 11.8 Å². The fourth-order valence-electron chi connectivity index (χ4n) is 2.12. The lowest BCUT2D eigenvalue weighted by molar-refractivity contribution is -0.120. The molecular formula is C19H21N3O3. The van der Waals surface area contributed by atoms with Crippen LogP contribution in [0.1, 0.15) is 28.4 Å². The summed E-state index contributed by atoms with van der Waals surface area (Å²) in [5.74, 6) is 0.0930. The molecule has 0 saturated carbocycles. The van der Waals surface area contributed by atoms with Gasteiger partial charge in [-0.25, -0.2) is 5.43 Å². The largest absolute Gasteiger partial charge is 0.494 e. The van der Waals surface area contributed by atoms with Crippen molar-refractivity contribution in [3.63, 3.8) is 0 Å². The number of amides is 2. The third-order valence-electron chi connectivity index (χ3n) is 3.39. The summed E-state index contributed by atoms with van der Waals surface area (Å²) in [6, 6.07) is 14.5. The summed E-state index contributed by atoms with van der Waals surface area (Å²) in [6.45, 7) is 4.23. The van der Waals surface area contributed by atoms with Gasteiger partial charge in [0.1, 0.15) is 5.75 Å². The Morgan fingerprint density at radius 1 is 1.12 bits per heavy atom. The van der Waals surface area contributed by atoms with Gasteiger partial charge in [-0.3, -0.25) is 9.59 Å². The molecule has 0 aliphatic heterocycles. The molecule has 6 nitrogen and oxygen atoms in total. The molecule has 2 aromatic carbocycles. The average Bonchev–Trinajstić information content (AvgIpc) is 2.62. The molecule has 0 fully saturated rings. The quantitative estimate of drug-likeness (QED) is 0.600. The molecule has 2 N–H and O–H groups in total. The minimum atomic E-state index is -0.399. The fourth-order valence-corrected chi connectivity index (χ4v) is 2.12. The Kier molecular flexibility index (Phi) is 6.71. The molecule has 0 bridgehead atoms. The summed E-state index contributed by atoms with van der Waals surface area (Å²) in [4.78, 5) is 23.7. The maximum Gasteiger partial charge on any atom is 0.259 e. The first-order valence-electron chi connectivity index (χ1n) is 7.98. The normalized spacial score (nSPS) is 10.5. The number of nitrogens with zero attached hydrogens (tertiary/aromatic N) is 1. The van der Waals surface area contributed by atoms with E-state index in [0.29, 0.717) is 12.2 Å². The SMILES string of the molecule is CCOc1ccc(/C=N\NC(=O)CNC(=O)c2ccccc2C)cc1. The molecule has 0 aliphatic rings. The highest BCUT2D eigenvalue weighted by atomic mass is 16.5. The van der Waals surface area contributed by atoms with Crippen molar-refractivity contribution >= 4 is 18.0 Å². The fraction of sp³-hybridized carbons (Fsp3) is 0.211. The van der Waals surface area contributed by atoms with E-state index in [1.165, 1.54) is 6.21 Å². The lowest BCUT2D eigenvalue weighted by Gasteiger charge is -2.06. The van der Waals surface area contributed by atoms with Gasteiger partial charge in [-0.15, -0.1) is 0 Å². The van der Waals surface area contributed by atoms with E-state index in [2.05, 4.69) is 15.8 Å². The molecule has 25 heavy (non-hydrogen) atoms. The number of nitrogens with one attached hydrogen (secondary N) is 2. The number of hydrazone groups is 1. The zero-order chi connectivity index (χ0) is 18.1. The van der Waals surface area contributed by atoms with Gasteiger partial charge < -0.3 is 10.1 Å². The van der Waals surface area contributed by atoms with Crippen molar-refractivity contribution in [1.29, 1.82) is 0 Å². The molecule has 0 heterocycles. The molecule has 2 aromatic rings. The van der Waals surface area contributed by atoms with Gasteiger partial charge >= 0.3 is 0 Å². The molecule has 0 spiro atoms. The van der Waals surface area contributed by atoms with Gasteiger partial charge in [-0.1, -0.05) is 18.2 Å². The molecule has 0 radical (unpaired) electrons. The zero-order valence-electron chi connectivity index (χ0n) is 14.3. The second-order valence-corrected chi connectivity index (χ2v) is 5.29. The van der Waals surface area contributed by atoms with Gasteiger partial charge in [0.15, 0.2) is 0 Å². The molecule has 0 unspecified atom stereocenters.